The van der Waals surface area contributed by atoms with E-state index in [0.717, 1.165) is 38.6 Å². The van der Waals surface area contributed by atoms with E-state index in [9.17, 15) is 9.59 Å². The molecule has 1 aliphatic rings. The fraction of sp³-hybridized carbons (Fsp3) is 0.600. The maximum absolute atomic E-state index is 9.77. The molecule has 0 bridgehead atoms. The molecule has 8 nitrogen and oxygen atoms in total. The Balaban J connectivity index is 0.000000382. The molecule has 0 saturated carbocycles. The third kappa shape index (κ3) is 9.59. The van der Waals surface area contributed by atoms with Crippen LogP contribution >= 0.6 is 23.2 Å². The van der Waals surface area contributed by atoms with Crippen molar-refractivity contribution < 1.29 is 30.0 Å². The van der Waals surface area contributed by atoms with Crippen LogP contribution in [-0.4, -0.2) is 75.7 Å². The number of benzene rings is 1. The van der Waals surface area contributed by atoms with Crippen molar-refractivity contribution in [3.63, 3.8) is 0 Å². The lowest BCUT2D eigenvalue weighted by Crippen LogP contribution is -2.39. The van der Waals surface area contributed by atoms with Crippen molar-refractivity contribution in [1.29, 1.82) is 0 Å². The van der Waals surface area contributed by atoms with E-state index >= 15 is 0 Å². The number of nitrogens with one attached hydrogen (secondary N) is 1. The largest absolute Gasteiger partial charge is 0.479 e. The second-order valence-electron chi connectivity index (χ2n) is 7.76. The molecule has 2 rings (SSSR count). The highest BCUT2D eigenvalue weighted by atomic mass is 35.5. The number of nitrogens with zero attached hydrogens (tertiary/aromatic N) is 1. The summed E-state index contributed by atoms with van der Waals surface area (Å²) < 4.78 is 0. The highest BCUT2D eigenvalue weighted by Gasteiger charge is 2.29. The molecule has 10 heteroatoms. The number of aliphatic hydroxyl groups is 2. The fourth-order valence-electron chi connectivity index (χ4n) is 3.12. The lowest BCUT2D eigenvalue weighted by atomic mass is 10.1. The minimum atomic E-state index is -2.27. The number of hydrogen-bond donors (Lipinski definition) is 5. The minimum Gasteiger partial charge on any atom is -0.479 e. The molecule has 1 saturated heterocycles. The molecule has 0 amide bonds. The van der Waals surface area contributed by atoms with Crippen molar-refractivity contribution in [1.82, 2.24) is 10.2 Å². The van der Waals surface area contributed by atoms with Crippen LogP contribution in [0.1, 0.15) is 25.8 Å². The smallest absolute Gasteiger partial charge is 0.335 e. The summed E-state index contributed by atoms with van der Waals surface area (Å²) in [5, 5.41) is 37.3. The van der Waals surface area contributed by atoms with Gasteiger partial charge in [0.05, 0.1) is 10.0 Å². The second kappa shape index (κ2) is 13.1. The second-order valence-corrected chi connectivity index (χ2v) is 8.58. The number of aliphatic carboxylic acids is 2. The highest BCUT2D eigenvalue weighted by Crippen LogP contribution is 2.24. The summed E-state index contributed by atoms with van der Waals surface area (Å²) in [5.74, 6) is -2.09. The topological polar surface area (TPSA) is 130 Å². The van der Waals surface area contributed by atoms with Crippen LogP contribution in [0.25, 0.3) is 0 Å². The molecule has 1 heterocycles. The van der Waals surface area contributed by atoms with Crippen LogP contribution in [-0.2, 0) is 16.1 Å². The number of halogens is 2. The fourth-order valence-corrected chi connectivity index (χ4v) is 3.44. The number of carboxylic acids is 2. The lowest BCUT2D eigenvalue weighted by molar-refractivity contribution is -0.165. The molecule has 1 fully saturated rings. The first kappa shape index (κ1) is 26.6. The van der Waals surface area contributed by atoms with E-state index in [0.29, 0.717) is 16.0 Å². The zero-order valence-corrected chi connectivity index (χ0v) is 18.6. The van der Waals surface area contributed by atoms with Gasteiger partial charge in [0.2, 0.25) is 0 Å². The predicted molar refractivity (Wildman–Crippen MR) is 115 cm³/mol. The van der Waals surface area contributed by atoms with E-state index in [-0.39, 0.29) is 0 Å². The maximum Gasteiger partial charge on any atom is 0.335 e. The van der Waals surface area contributed by atoms with Gasteiger partial charge in [0, 0.05) is 19.6 Å². The number of aliphatic hydroxyl groups excluding tert-OH is 2. The summed E-state index contributed by atoms with van der Waals surface area (Å²) in [6.45, 7) is 10.1. The Kier molecular flexibility index (Phi) is 11.6. The van der Waals surface area contributed by atoms with Crippen LogP contribution in [0.3, 0.4) is 0 Å². The molecule has 0 spiro atoms. The van der Waals surface area contributed by atoms with Crippen molar-refractivity contribution in [3.05, 3.63) is 33.8 Å². The molecule has 0 unspecified atom stereocenters. The standard InChI is InChI=1S/C16H24Cl2N2.C4H6O6/c1-12(2)9-20(11-14-5-6-19-8-14)10-13-3-4-15(17)16(18)7-13;5-1(3(7)8)2(6)4(9)10/h3-4,7,12,14,19H,5-6,8-11H2,1-2H3;1-2,5-6H,(H,7,8)(H,9,10)/t14-;1-,2-/m01/s1. The van der Waals surface area contributed by atoms with E-state index < -0.39 is 24.1 Å². The average molecular weight is 465 g/mol. The normalized spacial score (nSPS) is 18.1. The van der Waals surface area contributed by atoms with E-state index in [1.54, 1.807) is 0 Å². The molecule has 170 valence electrons. The molecule has 0 aromatic heterocycles. The van der Waals surface area contributed by atoms with Gasteiger partial charge >= 0.3 is 11.9 Å². The molecule has 0 radical (unpaired) electrons. The molecule has 5 N–H and O–H groups in total. The van der Waals surface area contributed by atoms with Gasteiger partial charge in [-0.2, -0.15) is 0 Å². The monoisotopic (exact) mass is 464 g/mol. The molecular formula is C20H30Cl2N2O6. The van der Waals surface area contributed by atoms with E-state index in [1.807, 2.05) is 12.1 Å². The first-order valence-electron chi connectivity index (χ1n) is 9.70. The van der Waals surface area contributed by atoms with Crippen LogP contribution in [0.5, 0.6) is 0 Å². The minimum absolute atomic E-state index is 0.630. The Hall–Kier alpha value is -1.42. The van der Waals surface area contributed by atoms with Crippen molar-refractivity contribution in [2.24, 2.45) is 11.8 Å². The third-order valence-corrected chi connectivity index (χ3v) is 5.24. The van der Waals surface area contributed by atoms with Gasteiger partial charge < -0.3 is 25.7 Å². The van der Waals surface area contributed by atoms with Gasteiger partial charge in [-0.3, -0.25) is 4.90 Å². The summed E-state index contributed by atoms with van der Waals surface area (Å²) >= 11 is 12.1. The van der Waals surface area contributed by atoms with Gasteiger partial charge in [-0.05, 0) is 49.0 Å². The van der Waals surface area contributed by atoms with E-state index in [2.05, 4.69) is 30.1 Å². The number of hydrogen-bond acceptors (Lipinski definition) is 6. The molecule has 1 aromatic carbocycles. The Morgan fingerprint density at radius 1 is 1.13 bits per heavy atom. The van der Waals surface area contributed by atoms with Crippen molar-refractivity contribution in [2.75, 3.05) is 26.2 Å². The first-order valence-corrected chi connectivity index (χ1v) is 10.5. The number of carbonyl (C=O) groups is 2. The number of carboxylic acid groups (broad SMARTS) is 2. The van der Waals surface area contributed by atoms with E-state index in [1.165, 1.54) is 12.0 Å². The highest BCUT2D eigenvalue weighted by molar-refractivity contribution is 6.42. The molecule has 1 aromatic rings. The maximum atomic E-state index is 9.77. The van der Waals surface area contributed by atoms with Gasteiger partial charge in [0.15, 0.2) is 12.2 Å². The van der Waals surface area contributed by atoms with Crippen LogP contribution in [0, 0.1) is 11.8 Å². The average Bonchev–Trinajstić information content (AvgIpc) is 3.16. The van der Waals surface area contributed by atoms with Crippen molar-refractivity contribution in [3.8, 4) is 0 Å². The molecule has 1 aliphatic heterocycles. The third-order valence-electron chi connectivity index (χ3n) is 4.50. The van der Waals surface area contributed by atoms with E-state index in [4.69, 9.17) is 43.6 Å². The Morgan fingerprint density at radius 2 is 1.73 bits per heavy atom. The molecule has 30 heavy (non-hydrogen) atoms. The summed E-state index contributed by atoms with van der Waals surface area (Å²) in [6, 6.07) is 5.96. The van der Waals surface area contributed by atoms with Gasteiger partial charge in [-0.1, -0.05) is 43.1 Å². The molecule has 3 atom stereocenters. The van der Waals surface area contributed by atoms with Crippen LogP contribution in [0.15, 0.2) is 18.2 Å². The quantitative estimate of drug-likeness (QED) is 0.374. The predicted octanol–water partition coefficient (Wildman–Crippen LogP) is 1.94. The van der Waals surface area contributed by atoms with Gasteiger partial charge in [0.25, 0.3) is 0 Å². The SMILES string of the molecule is CC(C)CN(Cc1ccc(Cl)c(Cl)c1)C[C@H]1CCNC1.O=C(O)[C@H](O)[C@@H](O)C(=O)O. The zero-order valence-electron chi connectivity index (χ0n) is 17.1. The molecular weight excluding hydrogens is 435 g/mol. The van der Waals surface area contributed by atoms with Crippen LogP contribution < -0.4 is 5.32 Å². The Labute approximate surface area is 186 Å². The summed E-state index contributed by atoms with van der Waals surface area (Å²) in [7, 11) is 0. The zero-order chi connectivity index (χ0) is 22.8. The Bertz CT molecular complexity index is 680. The van der Waals surface area contributed by atoms with Gasteiger partial charge in [-0.15, -0.1) is 0 Å². The lowest BCUT2D eigenvalue weighted by Gasteiger charge is -2.27. The van der Waals surface area contributed by atoms with Gasteiger partial charge in [-0.25, -0.2) is 9.59 Å². The van der Waals surface area contributed by atoms with Crippen molar-refractivity contribution in [2.45, 2.75) is 39.0 Å². The number of rotatable bonds is 9. The molecule has 0 aliphatic carbocycles. The van der Waals surface area contributed by atoms with Crippen LogP contribution in [0.4, 0.5) is 0 Å². The van der Waals surface area contributed by atoms with Gasteiger partial charge in [0.1, 0.15) is 0 Å². The summed E-state index contributed by atoms with van der Waals surface area (Å²) in [5.41, 5.74) is 1.24. The summed E-state index contributed by atoms with van der Waals surface area (Å²) in [6.07, 6.45) is -3.24. The summed E-state index contributed by atoms with van der Waals surface area (Å²) in [4.78, 5) is 22.1. The first-order chi connectivity index (χ1) is 14.0. The Morgan fingerprint density at radius 3 is 2.17 bits per heavy atom. The van der Waals surface area contributed by atoms with Crippen molar-refractivity contribution >= 4 is 35.1 Å². The van der Waals surface area contributed by atoms with Crippen LogP contribution in [0.2, 0.25) is 10.0 Å².